The Morgan fingerprint density at radius 2 is 1.89 bits per heavy atom. The highest BCUT2D eigenvalue weighted by atomic mass is 35.5. The van der Waals surface area contributed by atoms with E-state index in [2.05, 4.69) is 5.32 Å². The van der Waals surface area contributed by atoms with Crippen molar-refractivity contribution < 1.29 is 23.8 Å². The van der Waals surface area contributed by atoms with Crippen LogP contribution in [0.1, 0.15) is 17.3 Å². The van der Waals surface area contributed by atoms with E-state index in [1.165, 1.54) is 19.1 Å². The molecule has 2 N–H and O–H groups in total. The third kappa shape index (κ3) is 4.01. The van der Waals surface area contributed by atoms with E-state index in [0.29, 0.717) is 5.39 Å². The molecule has 0 saturated heterocycles. The van der Waals surface area contributed by atoms with Crippen LogP contribution in [0.2, 0.25) is 5.02 Å². The van der Waals surface area contributed by atoms with E-state index in [4.69, 9.17) is 16.3 Å². The van der Waals surface area contributed by atoms with Gasteiger partial charge in [-0.1, -0.05) is 41.9 Å². The van der Waals surface area contributed by atoms with Gasteiger partial charge in [0.15, 0.2) is 6.10 Å². The Bertz CT molecular complexity index is 1040. The number of hydrogen-bond acceptors (Lipinski definition) is 4. The summed E-state index contributed by atoms with van der Waals surface area (Å²) < 4.78 is 18.2. The van der Waals surface area contributed by atoms with Crippen molar-refractivity contribution in [1.29, 1.82) is 0 Å². The lowest BCUT2D eigenvalue weighted by Crippen LogP contribution is -2.30. The molecule has 0 heterocycles. The number of phenols is 1. The minimum Gasteiger partial charge on any atom is -0.506 e. The summed E-state index contributed by atoms with van der Waals surface area (Å²) >= 11 is 5.86. The number of esters is 1. The zero-order valence-corrected chi connectivity index (χ0v) is 15.0. The third-order valence-electron chi connectivity index (χ3n) is 3.96. The van der Waals surface area contributed by atoms with Crippen LogP contribution < -0.4 is 5.32 Å². The van der Waals surface area contributed by atoms with Crippen molar-refractivity contribution in [2.75, 3.05) is 5.32 Å². The summed E-state index contributed by atoms with van der Waals surface area (Å²) in [6, 6.07) is 13.6. The lowest BCUT2D eigenvalue weighted by atomic mass is 10.1. The van der Waals surface area contributed by atoms with Crippen LogP contribution >= 0.6 is 11.6 Å². The second-order valence-electron chi connectivity index (χ2n) is 5.84. The first-order chi connectivity index (χ1) is 12.9. The van der Waals surface area contributed by atoms with Crippen LogP contribution in [-0.2, 0) is 9.53 Å². The number of fused-ring (bicyclic) bond motifs is 1. The quantitative estimate of drug-likeness (QED) is 0.645. The minimum absolute atomic E-state index is 0.0223. The molecule has 27 heavy (non-hydrogen) atoms. The van der Waals surface area contributed by atoms with Crippen molar-refractivity contribution in [3.63, 3.8) is 0 Å². The molecular formula is C20H15ClFNO4. The summed E-state index contributed by atoms with van der Waals surface area (Å²) in [6.45, 7) is 1.38. The number of rotatable bonds is 4. The average molecular weight is 388 g/mol. The van der Waals surface area contributed by atoms with Crippen molar-refractivity contribution in [2.24, 2.45) is 0 Å². The first kappa shape index (κ1) is 18.7. The highest BCUT2D eigenvalue weighted by molar-refractivity contribution is 6.33. The van der Waals surface area contributed by atoms with Gasteiger partial charge in [-0.2, -0.15) is 0 Å². The minimum atomic E-state index is -1.16. The molecule has 0 fully saturated rings. The number of carbonyl (C=O) groups is 2. The van der Waals surface area contributed by atoms with Gasteiger partial charge in [-0.05, 0) is 36.6 Å². The molecule has 3 aromatic carbocycles. The lowest BCUT2D eigenvalue weighted by molar-refractivity contribution is -0.123. The molecule has 0 aliphatic rings. The molecule has 1 amide bonds. The Balaban J connectivity index is 1.73. The van der Waals surface area contributed by atoms with Gasteiger partial charge in [0.1, 0.15) is 17.1 Å². The van der Waals surface area contributed by atoms with E-state index in [-0.39, 0.29) is 22.0 Å². The van der Waals surface area contributed by atoms with E-state index in [0.717, 1.165) is 17.5 Å². The van der Waals surface area contributed by atoms with Crippen LogP contribution in [0.4, 0.5) is 10.1 Å². The van der Waals surface area contributed by atoms with E-state index >= 15 is 0 Å². The van der Waals surface area contributed by atoms with Crippen molar-refractivity contribution in [3.05, 3.63) is 71.0 Å². The topological polar surface area (TPSA) is 75.6 Å². The van der Waals surface area contributed by atoms with Gasteiger partial charge >= 0.3 is 5.97 Å². The van der Waals surface area contributed by atoms with E-state index in [1.54, 1.807) is 24.3 Å². The fourth-order valence-electron chi connectivity index (χ4n) is 2.52. The number of halogens is 2. The molecule has 0 spiro atoms. The van der Waals surface area contributed by atoms with Gasteiger partial charge in [-0.15, -0.1) is 0 Å². The molecule has 1 atom stereocenters. The van der Waals surface area contributed by atoms with Crippen LogP contribution in [0, 0.1) is 5.82 Å². The van der Waals surface area contributed by atoms with Crippen molar-refractivity contribution in [1.82, 2.24) is 0 Å². The number of nitrogens with one attached hydrogen (secondary N) is 1. The predicted molar refractivity (Wildman–Crippen MR) is 101 cm³/mol. The Morgan fingerprint density at radius 3 is 2.63 bits per heavy atom. The maximum atomic E-state index is 13.1. The number of amides is 1. The normalized spacial score (nSPS) is 11.8. The second-order valence-corrected chi connectivity index (χ2v) is 6.25. The number of aromatic hydroxyl groups is 1. The first-order valence-electron chi connectivity index (χ1n) is 8.04. The molecular weight excluding hydrogens is 373 g/mol. The summed E-state index contributed by atoms with van der Waals surface area (Å²) in [5, 5.41) is 14.1. The van der Waals surface area contributed by atoms with Crippen molar-refractivity contribution in [3.8, 4) is 5.75 Å². The molecule has 0 radical (unpaired) electrons. The van der Waals surface area contributed by atoms with Crippen LogP contribution in [0.15, 0.2) is 54.6 Å². The number of phenolic OH excluding ortho intramolecular Hbond substituents is 1. The molecule has 0 aliphatic carbocycles. The SMILES string of the molecule is C[C@H](OC(=O)c1ccc2ccccc2c1O)C(=O)Nc1ccc(F)cc1Cl. The molecule has 3 rings (SSSR count). The number of hydrogen-bond donors (Lipinski definition) is 2. The fourth-order valence-corrected chi connectivity index (χ4v) is 2.74. The Kier molecular flexibility index (Phi) is 5.28. The maximum Gasteiger partial charge on any atom is 0.342 e. The zero-order chi connectivity index (χ0) is 19.6. The molecule has 0 saturated carbocycles. The number of benzene rings is 3. The van der Waals surface area contributed by atoms with Crippen LogP contribution in [0.5, 0.6) is 5.75 Å². The molecule has 0 unspecified atom stereocenters. The highest BCUT2D eigenvalue weighted by Gasteiger charge is 2.22. The summed E-state index contributed by atoms with van der Waals surface area (Å²) in [4.78, 5) is 24.6. The molecule has 3 aromatic rings. The summed E-state index contributed by atoms with van der Waals surface area (Å²) in [5.74, 6) is -2.24. The summed E-state index contributed by atoms with van der Waals surface area (Å²) in [6.07, 6.45) is -1.16. The van der Waals surface area contributed by atoms with E-state index in [9.17, 15) is 19.1 Å². The highest BCUT2D eigenvalue weighted by Crippen LogP contribution is 2.29. The molecule has 7 heteroatoms. The maximum absolute atomic E-state index is 13.1. The van der Waals surface area contributed by atoms with Gasteiger partial charge in [0.25, 0.3) is 5.91 Å². The molecule has 0 bridgehead atoms. The average Bonchev–Trinajstić information content (AvgIpc) is 2.64. The van der Waals surface area contributed by atoms with Gasteiger partial charge in [0, 0.05) is 5.39 Å². The van der Waals surface area contributed by atoms with Crippen molar-refractivity contribution >= 4 is 39.9 Å². The van der Waals surface area contributed by atoms with Crippen LogP contribution in [-0.4, -0.2) is 23.1 Å². The summed E-state index contributed by atoms with van der Waals surface area (Å²) in [7, 11) is 0. The van der Waals surface area contributed by atoms with Gasteiger partial charge < -0.3 is 15.2 Å². The first-order valence-corrected chi connectivity index (χ1v) is 8.42. The van der Waals surface area contributed by atoms with Gasteiger partial charge in [0.2, 0.25) is 0 Å². The fraction of sp³-hybridized carbons (Fsp3) is 0.100. The number of carbonyl (C=O) groups excluding carboxylic acids is 2. The van der Waals surface area contributed by atoms with Gasteiger partial charge in [-0.25, -0.2) is 9.18 Å². The van der Waals surface area contributed by atoms with Crippen LogP contribution in [0.25, 0.3) is 10.8 Å². The molecule has 138 valence electrons. The Morgan fingerprint density at radius 1 is 1.15 bits per heavy atom. The summed E-state index contributed by atoms with van der Waals surface area (Å²) in [5.41, 5.74) is 0.146. The lowest BCUT2D eigenvalue weighted by Gasteiger charge is -2.15. The van der Waals surface area contributed by atoms with Crippen molar-refractivity contribution in [2.45, 2.75) is 13.0 Å². The standard InChI is InChI=1S/C20H15ClFNO4/c1-11(19(25)23-17-9-7-13(22)10-16(17)21)27-20(26)15-8-6-12-4-2-3-5-14(12)18(15)24/h2-11,24H,1H3,(H,23,25)/t11-/m0/s1. The molecule has 0 aromatic heterocycles. The van der Waals surface area contributed by atoms with E-state index in [1.807, 2.05) is 6.07 Å². The second kappa shape index (κ2) is 7.63. The Hall–Kier alpha value is -3.12. The van der Waals surface area contributed by atoms with Gasteiger partial charge in [0.05, 0.1) is 10.7 Å². The molecule has 0 aliphatic heterocycles. The monoisotopic (exact) mass is 387 g/mol. The van der Waals surface area contributed by atoms with Crippen LogP contribution in [0.3, 0.4) is 0 Å². The largest absolute Gasteiger partial charge is 0.506 e. The predicted octanol–water partition coefficient (Wildman–Crippen LogP) is 4.52. The molecule has 5 nitrogen and oxygen atoms in total. The van der Waals surface area contributed by atoms with E-state index < -0.39 is 23.8 Å². The smallest absolute Gasteiger partial charge is 0.342 e. The number of anilines is 1. The third-order valence-corrected chi connectivity index (χ3v) is 4.28. The zero-order valence-electron chi connectivity index (χ0n) is 14.2. The number of ether oxygens (including phenoxy) is 1. The Labute approximate surface area is 159 Å². The van der Waals surface area contributed by atoms with Gasteiger partial charge in [-0.3, -0.25) is 4.79 Å².